The molecule has 0 saturated heterocycles. The average molecular weight is 228 g/mol. The van der Waals surface area contributed by atoms with Crippen LogP contribution in [0.3, 0.4) is 0 Å². The van der Waals surface area contributed by atoms with Crippen molar-refractivity contribution < 1.29 is 19.1 Å². The molecule has 92 valence electrons. The van der Waals surface area contributed by atoms with Crippen molar-refractivity contribution in [1.82, 2.24) is 0 Å². The predicted molar refractivity (Wildman–Crippen MR) is 62.3 cm³/mol. The number of esters is 2. The fourth-order valence-electron chi connectivity index (χ4n) is 0.574. The van der Waals surface area contributed by atoms with E-state index in [-0.39, 0.29) is 17.9 Å². The molecule has 0 fully saturated rings. The molecule has 0 aromatic rings. The van der Waals surface area contributed by atoms with E-state index in [0.29, 0.717) is 6.42 Å². The monoisotopic (exact) mass is 228 g/mol. The van der Waals surface area contributed by atoms with Crippen LogP contribution in [0, 0.1) is 5.92 Å². The van der Waals surface area contributed by atoms with Crippen LogP contribution in [0.4, 0.5) is 0 Å². The lowest BCUT2D eigenvalue weighted by atomic mass is 10.2. The molecular formula is C12H20O4. The lowest BCUT2D eigenvalue weighted by Crippen LogP contribution is -2.07. The highest BCUT2D eigenvalue weighted by Crippen LogP contribution is 1.94. The molecule has 4 heteroatoms. The topological polar surface area (TPSA) is 52.6 Å². The Balaban J connectivity index is 0. The van der Waals surface area contributed by atoms with E-state index >= 15 is 0 Å². The number of hydrogen-bond acceptors (Lipinski definition) is 4. The third-order valence-electron chi connectivity index (χ3n) is 1.34. The van der Waals surface area contributed by atoms with Gasteiger partial charge in [0, 0.05) is 6.42 Å². The van der Waals surface area contributed by atoms with E-state index in [4.69, 9.17) is 0 Å². The summed E-state index contributed by atoms with van der Waals surface area (Å²) in [6.07, 6.45) is 3.60. The molecule has 0 aliphatic heterocycles. The fourth-order valence-corrected chi connectivity index (χ4v) is 0.574. The molecule has 0 spiro atoms. The SMILES string of the molecule is C=COC(=O)C(C)C.C=COC(=O)CCC. The van der Waals surface area contributed by atoms with Crippen molar-refractivity contribution in [3.63, 3.8) is 0 Å². The lowest BCUT2D eigenvalue weighted by Gasteiger charge is -1.98. The van der Waals surface area contributed by atoms with Crippen LogP contribution in [0.15, 0.2) is 25.7 Å². The van der Waals surface area contributed by atoms with Crippen LogP contribution in [0.2, 0.25) is 0 Å². The van der Waals surface area contributed by atoms with Gasteiger partial charge < -0.3 is 9.47 Å². The third-order valence-corrected chi connectivity index (χ3v) is 1.34. The Labute approximate surface area is 96.9 Å². The number of rotatable bonds is 5. The van der Waals surface area contributed by atoms with Crippen molar-refractivity contribution in [1.29, 1.82) is 0 Å². The fraction of sp³-hybridized carbons (Fsp3) is 0.500. The summed E-state index contributed by atoms with van der Waals surface area (Å²) >= 11 is 0. The first-order valence-electron chi connectivity index (χ1n) is 5.11. The van der Waals surface area contributed by atoms with Gasteiger partial charge in [0.2, 0.25) is 0 Å². The zero-order valence-corrected chi connectivity index (χ0v) is 10.2. The molecule has 0 heterocycles. The van der Waals surface area contributed by atoms with Crippen LogP contribution in [0.5, 0.6) is 0 Å². The molecule has 0 radical (unpaired) electrons. The van der Waals surface area contributed by atoms with Gasteiger partial charge in [0.1, 0.15) is 0 Å². The minimum atomic E-state index is -0.236. The second-order valence-electron chi connectivity index (χ2n) is 3.16. The maximum absolute atomic E-state index is 10.4. The Morgan fingerprint density at radius 2 is 1.69 bits per heavy atom. The Hall–Kier alpha value is -1.58. The summed E-state index contributed by atoms with van der Waals surface area (Å²) in [5, 5.41) is 0. The smallest absolute Gasteiger partial charge is 0.313 e. The van der Waals surface area contributed by atoms with Crippen molar-refractivity contribution in [3.8, 4) is 0 Å². The van der Waals surface area contributed by atoms with Gasteiger partial charge >= 0.3 is 11.9 Å². The molecule has 0 unspecified atom stereocenters. The van der Waals surface area contributed by atoms with Crippen molar-refractivity contribution in [2.24, 2.45) is 5.92 Å². The zero-order chi connectivity index (χ0) is 13.0. The summed E-state index contributed by atoms with van der Waals surface area (Å²) in [6, 6.07) is 0. The van der Waals surface area contributed by atoms with Gasteiger partial charge in [-0.05, 0) is 6.42 Å². The predicted octanol–water partition coefficient (Wildman–Crippen LogP) is 2.80. The van der Waals surface area contributed by atoms with Gasteiger partial charge in [-0.25, -0.2) is 0 Å². The van der Waals surface area contributed by atoms with Crippen LogP contribution in [-0.4, -0.2) is 11.9 Å². The van der Waals surface area contributed by atoms with E-state index in [9.17, 15) is 9.59 Å². The Morgan fingerprint density at radius 3 is 1.94 bits per heavy atom. The minimum absolute atomic E-state index is 0.0620. The van der Waals surface area contributed by atoms with Crippen LogP contribution in [0.1, 0.15) is 33.6 Å². The van der Waals surface area contributed by atoms with E-state index in [1.54, 1.807) is 13.8 Å². The molecule has 0 aliphatic rings. The Kier molecular flexibility index (Phi) is 12.1. The molecule has 0 N–H and O–H groups in total. The number of ether oxygens (including phenoxy) is 2. The molecule has 16 heavy (non-hydrogen) atoms. The second-order valence-corrected chi connectivity index (χ2v) is 3.16. The van der Waals surface area contributed by atoms with E-state index in [1.807, 2.05) is 6.92 Å². The summed E-state index contributed by atoms with van der Waals surface area (Å²) < 4.78 is 8.84. The number of carbonyl (C=O) groups is 2. The van der Waals surface area contributed by atoms with Gasteiger partial charge in [-0.3, -0.25) is 9.59 Å². The molecule has 0 aromatic heterocycles. The van der Waals surface area contributed by atoms with Gasteiger partial charge in [-0.15, -0.1) is 0 Å². The lowest BCUT2D eigenvalue weighted by molar-refractivity contribution is -0.141. The molecule has 0 rings (SSSR count). The molecule has 0 bridgehead atoms. The molecule has 0 aliphatic carbocycles. The standard InChI is InChI=1S/2C6H10O2/c1-4-8-6(7)5(2)3;1-3-5-6(7)8-4-2/h4-5H,1H2,2-3H3;4H,2-3,5H2,1H3. The van der Waals surface area contributed by atoms with Crippen LogP contribution in [0.25, 0.3) is 0 Å². The van der Waals surface area contributed by atoms with Crippen LogP contribution < -0.4 is 0 Å². The van der Waals surface area contributed by atoms with Gasteiger partial charge in [0.15, 0.2) is 0 Å². The summed E-state index contributed by atoms with van der Waals surface area (Å²) in [7, 11) is 0. The molecule has 0 atom stereocenters. The first kappa shape index (κ1) is 16.8. The van der Waals surface area contributed by atoms with Gasteiger partial charge in [-0.1, -0.05) is 33.9 Å². The highest BCUT2D eigenvalue weighted by molar-refractivity contribution is 5.72. The molecular weight excluding hydrogens is 208 g/mol. The van der Waals surface area contributed by atoms with E-state index in [1.165, 1.54) is 0 Å². The summed E-state index contributed by atoms with van der Waals surface area (Å²) in [6.45, 7) is 11.9. The highest BCUT2D eigenvalue weighted by Gasteiger charge is 2.04. The normalized spacial score (nSPS) is 8.50. The van der Waals surface area contributed by atoms with Crippen LogP contribution in [-0.2, 0) is 19.1 Å². The summed E-state index contributed by atoms with van der Waals surface area (Å²) in [5.74, 6) is -0.504. The van der Waals surface area contributed by atoms with E-state index in [2.05, 4.69) is 22.6 Å². The summed E-state index contributed by atoms with van der Waals surface area (Å²) in [4.78, 5) is 20.8. The maximum atomic E-state index is 10.4. The van der Waals surface area contributed by atoms with Crippen molar-refractivity contribution in [2.75, 3.05) is 0 Å². The first-order chi connectivity index (χ1) is 7.49. The van der Waals surface area contributed by atoms with Crippen molar-refractivity contribution in [3.05, 3.63) is 25.7 Å². The average Bonchev–Trinajstić information content (AvgIpc) is 2.19. The molecule has 0 saturated carbocycles. The second kappa shape index (κ2) is 11.5. The van der Waals surface area contributed by atoms with E-state index < -0.39 is 0 Å². The quantitative estimate of drug-likeness (QED) is 0.536. The number of hydrogen-bond donors (Lipinski definition) is 0. The largest absolute Gasteiger partial charge is 0.435 e. The Morgan fingerprint density at radius 1 is 1.19 bits per heavy atom. The van der Waals surface area contributed by atoms with Gasteiger partial charge in [0.25, 0.3) is 0 Å². The van der Waals surface area contributed by atoms with Crippen molar-refractivity contribution in [2.45, 2.75) is 33.6 Å². The summed E-state index contributed by atoms with van der Waals surface area (Å²) in [5.41, 5.74) is 0. The maximum Gasteiger partial charge on any atom is 0.313 e. The van der Waals surface area contributed by atoms with Gasteiger partial charge in [0.05, 0.1) is 18.4 Å². The van der Waals surface area contributed by atoms with Crippen molar-refractivity contribution >= 4 is 11.9 Å². The molecule has 4 nitrogen and oxygen atoms in total. The third kappa shape index (κ3) is 12.4. The minimum Gasteiger partial charge on any atom is -0.435 e. The van der Waals surface area contributed by atoms with Gasteiger partial charge in [-0.2, -0.15) is 0 Å². The molecule has 0 aromatic carbocycles. The molecule has 0 amide bonds. The Bertz CT molecular complexity index is 231. The highest BCUT2D eigenvalue weighted by atomic mass is 16.5. The van der Waals surface area contributed by atoms with E-state index in [0.717, 1.165) is 18.9 Å². The zero-order valence-electron chi connectivity index (χ0n) is 10.2. The number of carbonyl (C=O) groups excluding carboxylic acids is 2. The first-order valence-corrected chi connectivity index (χ1v) is 5.11. The van der Waals surface area contributed by atoms with Crippen LogP contribution >= 0.6 is 0 Å².